The molecule has 0 amide bonds. The summed E-state index contributed by atoms with van der Waals surface area (Å²) in [6, 6.07) is 0. The minimum atomic E-state index is 0. The van der Waals surface area contributed by atoms with Crippen LogP contribution in [0.4, 0.5) is 0 Å². The molecule has 0 aromatic rings. The van der Waals surface area contributed by atoms with Crippen LogP contribution in [-0.4, -0.2) is 15.2 Å². The second-order valence-corrected chi connectivity index (χ2v) is 5.07. The predicted octanol–water partition coefficient (Wildman–Crippen LogP) is 3.33. The highest BCUT2D eigenvalue weighted by atomic mass is 27.1. The zero-order valence-electron chi connectivity index (χ0n) is 7.15. The van der Waals surface area contributed by atoms with Crippen molar-refractivity contribution in [2.45, 2.75) is 38.3 Å². The molecular weight excluding hydrogens is 123 g/mol. The Bertz CT molecular complexity index is 57.1. The highest BCUT2D eigenvalue weighted by molar-refractivity contribution is 6.35. The minimum Gasteiger partial charge on any atom is -0.102 e. The van der Waals surface area contributed by atoms with E-state index in [9.17, 15) is 0 Å². The molecule has 0 spiro atoms. The molecule has 1 radical (unpaired) electrons. The van der Waals surface area contributed by atoms with Gasteiger partial charge in [0.25, 0.3) is 0 Å². The predicted molar refractivity (Wildman–Crippen MR) is 49.3 cm³/mol. The van der Waals surface area contributed by atoms with Crippen molar-refractivity contribution in [1.29, 1.82) is 0 Å². The van der Waals surface area contributed by atoms with Crippen molar-refractivity contribution in [3.63, 3.8) is 0 Å². The lowest BCUT2D eigenvalue weighted by molar-refractivity contribution is 0.700. The maximum absolute atomic E-state index is 2.31. The molecule has 0 aromatic carbocycles. The molecule has 0 rings (SSSR count). The Morgan fingerprint density at radius 2 is 1.33 bits per heavy atom. The molecule has 0 aliphatic rings. The van der Waals surface area contributed by atoms with Crippen LogP contribution in [0.1, 0.15) is 30.5 Å². The summed E-state index contributed by atoms with van der Waals surface area (Å²) in [4.78, 5) is 0. The first-order chi connectivity index (χ1) is 4.13. The molecular formula is C8H22Al. The molecule has 0 aliphatic heterocycles. The van der Waals surface area contributed by atoms with Gasteiger partial charge in [-0.3, -0.25) is 0 Å². The van der Waals surface area contributed by atoms with Crippen molar-refractivity contribution >= 4 is 15.2 Å². The van der Waals surface area contributed by atoms with Gasteiger partial charge in [-0.15, -0.1) is 10.6 Å². The van der Waals surface area contributed by atoms with Gasteiger partial charge in [-0.1, -0.05) is 39.5 Å². The molecule has 0 fully saturated rings. The summed E-state index contributed by atoms with van der Waals surface area (Å²) in [6.07, 6.45) is 0. The van der Waals surface area contributed by atoms with Crippen LogP contribution >= 0.6 is 0 Å². The summed E-state index contributed by atoms with van der Waals surface area (Å²) in [5, 5.41) is 2.97. The second-order valence-electron chi connectivity index (χ2n) is 3.55. The summed E-state index contributed by atoms with van der Waals surface area (Å²) in [6.45, 7) is 9.25. The lowest BCUT2D eigenvalue weighted by atomic mass is 10.3. The monoisotopic (exact) mass is 145 g/mol. The standard InChI is InChI=1S/2C4H9.Al.2H2/c2*1-4(2)3;;;/h2*4H,1H2,2-3H3;;2*1H. The molecule has 0 saturated heterocycles. The second kappa shape index (κ2) is 5.33. The first-order valence-corrected chi connectivity index (χ1v) is 5.58. The highest BCUT2D eigenvalue weighted by Crippen LogP contribution is 2.05. The van der Waals surface area contributed by atoms with E-state index in [1.165, 1.54) is 10.6 Å². The lowest BCUT2D eigenvalue weighted by Crippen LogP contribution is -1.99. The average Bonchev–Trinajstić information content (AvgIpc) is 1.63. The van der Waals surface area contributed by atoms with Gasteiger partial charge >= 0.3 is 0 Å². The average molecular weight is 145 g/mol. The van der Waals surface area contributed by atoms with E-state index >= 15 is 0 Å². The number of hydrogen-bond acceptors (Lipinski definition) is 0. The molecule has 0 nitrogen and oxygen atoms in total. The van der Waals surface area contributed by atoms with E-state index < -0.39 is 0 Å². The van der Waals surface area contributed by atoms with E-state index in [4.69, 9.17) is 0 Å². The molecule has 1 heteroatoms. The quantitative estimate of drug-likeness (QED) is 0.532. The van der Waals surface area contributed by atoms with Crippen molar-refractivity contribution in [2.24, 2.45) is 11.8 Å². The fraction of sp³-hybridized carbons (Fsp3) is 1.00. The van der Waals surface area contributed by atoms with Crippen molar-refractivity contribution in [3.8, 4) is 0 Å². The van der Waals surface area contributed by atoms with Crippen LogP contribution in [0.25, 0.3) is 0 Å². The van der Waals surface area contributed by atoms with Crippen molar-refractivity contribution in [2.75, 3.05) is 0 Å². The fourth-order valence-electron chi connectivity index (χ4n) is 0.763. The molecule has 0 unspecified atom stereocenters. The molecule has 0 aliphatic carbocycles. The van der Waals surface area contributed by atoms with Crippen LogP contribution < -0.4 is 0 Å². The highest BCUT2D eigenvalue weighted by Gasteiger charge is 1.98. The Morgan fingerprint density at radius 3 is 1.56 bits per heavy atom. The maximum Gasteiger partial charge on any atom is 0.200 e. The zero-order chi connectivity index (χ0) is 7.28. The van der Waals surface area contributed by atoms with Crippen LogP contribution in [0.2, 0.25) is 10.6 Å². The molecule has 0 saturated carbocycles. The first kappa shape index (κ1) is 9.53. The van der Waals surface area contributed by atoms with Crippen molar-refractivity contribution in [3.05, 3.63) is 0 Å². The van der Waals surface area contributed by atoms with Gasteiger partial charge in [0.15, 0.2) is 0 Å². The Balaban J connectivity index is -0.000000320. The van der Waals surface area contributed by atoms with E-state index in [0.717, 1.165) is 27.1 Å². The minimum absolute atomic E-state index is 0. The third-order valence-corrected chi connectivity index (χ3v) is 3.83. The van der Waals surface area contributed by atoms with Gasteiger partial charge in [-0.05, 0) is 0 Å². The van der Waals surface area contributed by atoms with Crippen LogP contribution in [0.5, 0.6) is 0 Å². The Morgan fingerprint density at radius 1 is 1.00 bits per heavy atom. The van der Waals surface area contributed by atoms with Gasteiger partial charge in [0, 0.05) is 2.85 Å². The Labute approximate surface area is 68.7 Å². The summed E-state index contributed by atoms with van der Waals surface area (Å²) >= 11 is 0.755. The fourth-order valence-corrected chi connectivity index (χ4v) is 2.29. The zero-order valence-corrected chi connectivity index (χ0v) is 8.30. The summed E-state index contributed by atoms with van der Waals surface area (Å²) in [5.41, 5.74) is 0. The number of hydrogen-bond donors (Lipinski definition) is 0. The SMILES string of the molecule is CC(C)[CH2][Al][CH2]C(C)C.[HH].[HH]. The molecule has 0 N–H and O–H groups in total. The van der Waals surface area contributed by atoms with E-state index in [0.29, 0.717) is 0 Å². The van der Waals surface area contributed by atoms with Crippen molar-refractivity contribution in [1.82, 2.24) is 0 Å². The van der Waals surface area contributed by atoms with Crippen LogP contribution in [0.15, 0.2) is 0 Å². The van der Waals surface area contributed by atoms with Crippen molar-refractivity contribution < 1.29 is 2.85 Å². The Kier molecular flexibility index (Phi) is 5.64. The summed E-state index contributed by atoms with van der Waals surface area (Å²) in [7, 11) is 0. The van der Waals surface area contributed by atoms with E-state index in [2.05, 4.69) is 27.7 Å². The van der Waals surface area contributed by atoms with Gasteiger partial charge < -0.3 is 0 Å². The smallest absolute Gasteiger partial charge is 0.102 e. The third kappa shape index (κ3) is 8.53. The lowest BCUT2D eigenvalue weighted by Gasteiger charge is -2.03. The van der Waals surface area contributed by atoms with E-state index in [-0.39, 0.29) is 2.85 Å². The topological polar surface area (TPSA) is 0 Å². The number of rotatable bonds is 4. The molecule has 0 aromatic heterocycles. The Hall–Kier alpha value is 0.532. The molecule has 9 heavy (non-hydrogen) atoms. The maximum atomic E-state index is 2.31. The molecule has 57 valence electrons. The van der Waals surface area contributed by atoms with Gasteiger partial charge in [-0.2, -0.15) is 0 Å². The normalized spacial score (nSPS) is 10.9. The van der Waals surface area contributed by atoms with E-state index in [1.54, 1.807) is 0 Å². The molecule has 0 atom stereocenters. The van der Waals surface area contributed by atoms with Crippen LogP contribution in [0, 0.1) is 11.8 Å². The first-order valence-electron chi connectivity index (χ1n) is 3.94. The van der Waals surface area contributed by atoms with Gasteiger partial charge in [-0.25, -0.2) is 0 Å². The van der Waals surface area contributed by atoms with Gasteiger partial charge in [0.1, 0.15) is 0 Å². The van der Waals surface area contributed by atoms with E-state index in [1.807, 2.05) is 0 Å². The van der Waals surface area contributed by atoms with Crippen LogP contribution in [-0.2, 0) is 0 Å². The molecule has 0 heterocycles. The molecule has 0 bridgehead atoms. The van der Waals surface area contributed by atoms with Crippen LogP contribution in [0.3, 0.4) is 0 Å². The van der Waals surface area contributed by atoms with Gasteiger partial charge in [0.05, 0.1) is 0 Å². The largest absolute Gasteiger partial charge is 0.200 e. The summed E-state index contributed by atoms with van der Waals surface area (Å²) in [5.74, 6) is 1.86. The summed E-state index contributed by atoms with van der Waals surface area (Å²) < 4.78 is 0. The third-order valence-electron chi connectivity index (χ3n) is 1.28. The van der Waals surface area contributed by atoms with Gasteiger partial charge in [0.2, 0.25) is 15.2 Å².